The minimum absolute atomic E-state index is 0.0700. The molecular formula is C7H16N2O5. The van der Waals surface area contributed by atoms with E-state index in [4.69, 9.17) is 20.4 Å². The van der Waals surface area contributed by atoms with E-state index in [-0.39, 0.29) is 6.42 Å². The molecule has 84 valence electrons. The first-order valence-electron chi connectivity index (χ1n) is 4.15. The van der Waals surface area contributed by atoms with E-state index < -0.39 is 31.8 Å². The number of hydrogen-bond donors (Lipinski definition) is 5. The molecule has 0 spiro atoms. The minimum atomic E-state index is -1.54. The fourth-order valence-electron chi connectivity index (χ4n) is 1.01. The molecule has 7 heteroatoms. The second-order valence-corrected chi connectivity index (χ2v) is 2.82. The molecule has 14 heavy (non-hydrogen) atoms. The first-order valence-corrected chi connectivity index (χ1v) is 4.15. The highest BCUT2D eigenvalue weighted by molar-refractivity contribution is 5.74. The molecule has 0 bridgehead atoms. The summed E-state index contributed by atoms with van der Waals surface area (Å²) >= 11 is 0. The highest BCUT2D eigenvalue weighted by atomic mass is 16.5. The van der Waals surface area contributed by atoms with Crippen molar-refractivity contribution in [3.63, 3.8) is 0 Å². The third kappa shape index (κ3) is 4.38. The molecule has 1 atom stereocenters. The van der Waals surface area contributed by atoms with Gasteiger partial charge >= 0.3 is 6.03 Å². The van der Waals surface area contributed by atoms with E-state index in [1.165, 1.54) is 0 Å². The standard InChI is InChI=1S/C7H16N2O5/c1-5(2-6(12)13)9(4-11)7(14)8-3-10/h5-6,10-13H,2-4H2,1H3,(H,8,14). The van der Waals surface area contributed by atoms with E-state index in [9.17, 15) is 4.79 Å². The molecule has 0 radical (unpaired) electrons. The number of aliphatic hydroxyl groups excluding tert-OH is 3. The second kappa shape index (κ2) is 6.55. The van der Waals surface area contributed by atoms with Gasteiger partial charge in [-0.05, 0) is 6.92 Å². The third-order valence-corrected chi connectivity index (χ3v) is 1.73. The van der Waals surface area contributed by atoms with Crippen LogP contribution in [0.2, 0.25) is 0 Å². The molecule has 0 aliphatic carbocycles. The Kier molecular flexibility index (Phi) is 6.13. The highest BCUT2D eigenvalue weighted by Crippen LogP contribution is 2.05. The van der Waals surface area contributed by atoms with Crippen molar-refractivity contribution in [3.05, 3.63) is 0 Å². The summed E-state index contributed by atoms with van der Waals surface area (Å²) in [6.07, 6.45) is -1.61. The van der Waals surface area contributed by atoms with Crippen molar-refractivity contribution in [3.8, 4) is 0 Å². The molecule has 0 saturated heterocycles. The van der Waals surface area contributed by atoms with Crippen molar-refractivity contribution in [1.29, 1.82) is 0 Å². The van der Waals surface area contributed by atoms with E-state index >= 15 is 0 Å². The van der Waals surface area contributed by atoms with Gasteiger partial charge in [-0.3, -0.25) is 4.90 Å². The second-order valence-electron chi connectivity index (χ2n) is 2.82. The molecule has 0 aliphatic heterocycles. The molecule has 0 rings (SSSR count). The molecular weight excluding hydrogens is 192 g/mol. The van der Waals surface area contributed by atoms with E-state index in [0.29, 0.717) is 0 Å². The maximum atomic E-state index is 11.1. The average Bonchev–Trinajstić information content (AvgIpc) is 2.04. The number of carbonyl (C=O) groups excluding carboxylic acids is 1. The fourth-order valence-corrected chi connectivity index (χ4v) is 1.01. The van der Waals surface area contributed by atoms with Crippen LogP contribution in [-0.2, 0) is 0 Å². The summed E-state index contributed by atoms with van der Waals surface area (Å²) in [7, 11) is 0. The van der Waals surface area contributed by atoms with Crippen LogP contribution in [0.4, 0.5) is 4.79 Å². The molecule has 0 aromatic heterocycles. The quantitative estimate of drug-likeness (QED) is 0.335. The number of hydrogen-bond acceptors (Lipinski definition) is 5. The molecule has 5 N–H and O–H groups in total. The summed E-state index contributed by atoms with van der Waals surface area (Å²) in [5, 5.41) is 36.6. The number of nitrogens with zero attached hydrogens (tertiary/aromatic N) is 1. The lowest BCUT2D eigenvalue weighted by atomic mass is 10.2. The first kappa shape index (κ1) is 13.1. The van der Waals surface area contributed by atoms with Gasteiger partial charge in [-0.2, -0.15) is 0 Å². The van der Waals surface area contributed by atoms with Gasteiger partial charge in [0.15, 0.2) is 6.29 Å². The highest BCUT2D eigenvalue weighted by Gasteiger charge is 2.20. The number of aliphatic hydroxyl groups is 4. The number of rotatable bonds is 5. The maximum absolute atomic E-state index is 11.1. The van der Waals surface area contributed by atoms with E-state index in [1.807, 2.05) is 0 Å². The van der Waals surface area contributed by atoms with Crippen LogP contribution in [0.25, 0.3) is 0 Å². The Hall–Kier alpha value is -0.890. The minimum Gasteiger partial charge on any atom is -0.376 e. The molecule has 0 aliphatic rings. The van der Waals surface area contributed by atoms with Crippen molar-refractivity contribution < 1.29 is 25.2 Å². The Balaban J connectivity index is 4.17. The molecule has 7 nitrogen and oxygen atoms in total. The molecule has 0 aromatic carbocycles. The van der Waals surface area contributed by atoms with Crippen LogP contribution < -0.4 is 5.32 Å². The molecule has 0 fully saturated rings. The summed E-state index contributed by atoms with van der Waals surface area (Å²) < 4.78 is 0. The monoisotopic (exact) mass is 208 g/mol. The molecule has 2 amide bonds. The molecule has 1 unspecified atom stereocenters. The van der Waals surface area contributed by atoms with Gasteiger partial charge in [-0.1, -0.05) is 0 Å². The van der Waals surface area contributed by atoms with Crippen LogP contribution in [0.15, 0.2) is 0 Å². The zero-order valence-corrected chi connectivity index (χ0v) is 7.92. The van der Waals surface area contributed by atoms with Gasteiger partial charge < -0.3 is 25.7 Å². The third-order valence-electron chi connectivity index (χ3n) is 1.73. The average molecular weight is 208 g/mol. The number of carbonyl (C=O) groups is 1. The maximum Gasteiger partial charge on any atom is 0.321 e. The largest absolute Gasteiger partial charge is 0.376 e. The Labute approximate surface area is 81.6 Å². The molecule has 0 saturated carbocycles. The van der Waals surface area contributed by atoms with Crippen LogP contribution in [0.3, 0.4) is 0 Å². The topological polar surface area (TPSA) is 113 Å². The summed E-state index contributed by atoms with van der Waals surface area (Å²) in [4.78, 5) is 12.1. The normalized spacial score (nSPS) is 12.7. The predicted molar refractivity (Wildman–Crippen MR) is 46.8 cm³/mol. The number of urea groups is 1. The van der Waals surface area contributed by atoms with Crippen molar-refractivity contribution in [2.45, 2.75) is 25.7 Å². The molecule has 0 heterocycles. The number of amides is 2. The van der Waals surface area contributed by atoms with Gasteiger partial charge in [0.2, 0.25) is 0 Å². The van der Waals surface area contributed by atoms with Gasteiger partial charge in [0, 0.05) is 12.5 Å². The van der Waals surface area contributed by atoms with Crippen LogP contribution in [-0.4, -0.2) is 57.2 Å². The van der Waals surface area contributed by atoms with Crippen LogP contribution in [0.1, 0.15) is 13.3 Å². The fraction of sp³-hybridized carbons (Fsp3) is 0.857. The van der Waals surface area contributed by atoms with Gasteiger partial charge in [0.1, 0.15) is 13.5 Å². The summed E-state index contributed by atoms with van der Waals surface area (Å²) in [6.45, 7) is 0.454. The Morgan fingerprint density at radius 3 is 2.36 bits per heavy atom. The van der Waals surface area contributed by atoms with Crippen LogP contribution in [0.5, 0.6) is 0 Å². The Bertz CT molecular complexity index is 175. The van der Waals surface area contributed by atoms with Gasteiger partial charge in [0.25, 0.3) is 0 Å². The summed E-state index contributed by atoms with van der Waals surface area (Å²) in [5.74, 6) is 0. The number of nitrogens with one attached hydrogen (secondary N) is 1. The van der Waals surface area contributed by atoms with E-state index in [2.05, 4.69) is 5.32 Å². The SMILES string of the molecule is CC(CC(O)O)N(CO)C(=O)NCO. The summed E-state index contributed by atoms with van der Waals surface area (Å²) in [6, 6.07) is -1.20. The smallest absolute Gasteiger partial charge is 0.321 e. The van der Waals surface area contributed by atoms with Crippen molar-refractivity contribution in [2.24, 2.45) is 0 Å². The van der Waals surface area contributed by atoms with Gasteiger partial charge in [-0.25, -0.2) is 4.79 Å². The van der Waals surface area contributed by atoms with Crippen molar-refractivity contribution in [2.75, 3.05) is 13.5 Å². The summed E-state index contributed by atoms with van der Waals surface area (Å²) in [5.41, 5.74) is 0. The first-order chi connectivity index (χ1) is 6.52. The lowest BCUT2D eigenvalue weighted by Crippen LogP contribution is -2.46. The van der Waals surface area contributed by atoms with Gasteiger partial charge in [-0.15, -0.1) is 0 Å². The lowest BCUT2D eigenvalue weighted by Gasteiger charge is -2.27. The lowest BCUT2D eigenvalue weighted by molar-refractivity contribution is -0.0612. The van der Waals surface area contributed by atoms with Crippen LogP contribution in [0, 0.1) is 0 Å². The zero-order chi connectivity index (χ0) is 11.1. The van der Waals surface area contributed by atoms with E-state index in [0.717, 1.165) is 4.90 Å². The predicted octanol–water partition coefficient (Wildman–Crippen LogP) is -2.01. The molecule has 0 aromatic rings. The zero-order valence-electron chi connectivity index (χ0n) is 7.92. The van der Waals surface area contributed by atoms with Crippen molar-refractivity contribution in [1.82, 2.24) is 10.2 Å². The Morgan fingerprint density at radius 1 is 1.43 bits per heavy atom. The van der Waals surface area contributed by atoms with Crippen LogP contribution >= 0.6 is 0 Å². The van der Waals surface area contributed by atoms with Crippen molar-refractivity contribution >= 4 is 6.03 Å². The van der Waals surface area contributed by atoms with E-state index in [1.54, 1.807) is 6.92 Å². The Morgan fingerprint density at radius 2 is 2.00 bits per heavy atom. The van der Waals surface area contributed by atoms with Gasteiger partial charge in [0.05, 0.1) is 0 Å².